The second-order valence-electron chi connectivity index (χ2n) is 4.80. The summed E-state index contributed by atoms with van der Waals surface area (Å²) in [4.78, 5) is 12.0. The van der Waals surface area contributed by atoms with Crippen molar-refractivity contribution >= 4 is 17.5 Å². The highest BCUT2D eigenvalue weighted by Gasteiger charge is 2.14. The summed E-state index contributed by atoms with van der Waals surface area (Å²) in [5.41, 5.74) is 1.62. The molecule has 1 fully saturated rings. The first-order valence-electron chi connectivity index (χ1n) is 6.44. The van der Waals surface area contributed by atoms with Gasteiger partial charge < -0.3 is 10.6 Å². The molecular formula is C14H19ClN2O. The van der Waals surface area contributed by atoms with E-state index in [2.05, 4.69) is 10.6 Å². The van der Waals surface area contributed by atoms with E-state index in [9.17, 15) is 4.79 Å². The van der Waals surface area contributed by atoms with E-state index in [4.69, 9.17) is 11.6 Å². The summed E-state index contributed by atoms with van der Waals surface area (Å²) in [5.74, 6) is -0.0119. The monoisotopic (exact) mass is 266 g/mol. The number of aryl methyl sites for hydroxylation is 1. The number of amides is 1. The maximum atomic E-state index is 12.0. The number of carbonyl (C=O) groups is 1. The maximum Gasteiger partial charge on any atom is 0.251 e. The van der Waals surface area contributed by atoms with Crippen LogP contribution in [0.5, 0.6) is 0 Å². The highest BCUT2D eigenvalue weighted by atomic mass is 35.5. The van der Waals surface area contributed by atoms with Crippen molar-refractivity contribution in [3.8, 4) is 0 Å². The zero-order valence-corrected chi connectivity index (χ0v) is 11.4. The number of hydrogen-bond donors (Lipinski definition) is 2. The van der Waals surface area contributed by atoms with E-state index in [0.29, 0.717) is 16.6 Å². The molecule has 2 rings (SSSR count). The van der Waals surface area contributed by atoms with Gasteiger partial charge in [-0.1, -0.05) is 11.6 Å². The lowest BCUT2D eigenvalue weighted by Crippen LogP contribution is -2.30. The zero-order chi connectivity index (χ0) is 13.0. The molecule has 0 bridgehead atoms. The summed E-state index contributed by atoms with van der Waals surface area (Å²) in [7, 11) is 0. The van der Waals surface area contributed by atoms with Crippen molar-refractivity contribution < 1.29 is 4.79 Å². The van der Waals surface area contributed by atoms with E-state index in [1.807, 2.05) is 13.0 Å². The Kier molecular flexibility index (Phi) is 4.61. The van der Waals surface area contributed by atoms with Gasteiger partial charge in [-0.15, -0.1) is 0 Å². The van der Waals surface area contributed by atoms with Crippen LogP contribution in [-0.4, -0.2) is 25.0 Å². The van der Waals surface area contributed by atoms with E-state index < -0.39 is 0 Å². The Bertz CT molecular complexity index is 428. The molecule has 1 aliphatic heterocycles. The molecule has 0 saturated carbocycles. The highest BCUT2D eigenvalue weighted by molar-refractivity contribution is 6.30. The minimum atomic E-state index is -0.0119. The summed E-state index contributed by atoms with van der Waals surface area (Å²) < 4.78 is 0. The summed E-state index contributed by atoms with van der Waals surface area (Å²) in [6.07, 6.45) is 3.46. The summed E-state index contributed by atoms with van der Waals surface area (Å²) >= 11 is 5.87. The molecule has 0 aliphatic carbocycles. The molecule has 1 aromatic rings. The molecule has 0 spiro atoms. The van der Waals surface area contributed by atoms with E-state index >= 15 is 0 Å². The number of rotatable bonds is 4. The van der Waals surface area contributed by atoms with Crippen molar-refractivity contribution in [1.82, 2.24) is 10.6 Å². The molecule has 1 amide bonds. The molecule has 0 radical (unpaired) electrons. The summed E-state index contributed by atoms with van der Waals surface area (Å²) in [5, 5.41) is 7.05. The smallest absolute Gasteiger partial charge is 0.251 e. The van der Waals surface area contributed by atoms with Crippen molar-refractivity contribution in [1.29, 1.82) is 0 Å². The molecule has 2 N–H and O–H groups in total. The molecule has 98 valence electrons. The number of hydrogen-bond acceptors (Lipinski definition) is 2. The van der Waals surface area contributed by atoms with Crippen LogP contribution in [0.1, 0.15) is 35.2 Å². The van der Waals surface area contributed by atoms with E-state index in [1.165, 1.54) is 12.8 Å². The van der Waals surface area contributed by atoms with Crippen molar-refractivity contribution in [2.75, 3.05) is 13.1 Å². The van der Waals surface area contributed by atoms with Gasteiger partial charge in [-0.05, 0) is 56.5 Å². The molecule has 3 nitrogen and oxygen atoms in total. The first-order chi connectivity index (χ1) is 8.66. The Labute approximate surface area is 113 Å². The lowest BCUT2D eigenvalue weighted by atomic mass is 10.1. The van der Waals surface area contributed by atoms with Crippen LogP contribution in [0.15, 0.2) is 18.2 Å². The van der Waals surface area contributed by atoms with Crippen LogP contribution < -0.4 is 10.6 Å². The van der Waals surface area contributed by atoms with Gasteiger partial charge in [0.1, 0.15) is 0 Å². The Morgan fingerprint density at radius 2 is 2.39 bits per heavy atom. The van der Waals surface area contributed by atoms with Gasteiger partial charge in [-0.25, -0.2) is 0 Å². The minimum absolute atomic E-state index is 0.0119. The average Bonchev–Trinajstić information content (AvgIpc) is 2.81. The van der Waals surface area contributed by atoms with Crippen molar-refractivity contribution in [2.45, 2.75) is 32.2 Å². The molecular weight excluding hydrogens is 248 g/mol. The molecule has 4 heteroatoms. The van der Waals surface area contributed by atoms with Crippen LogP contribution in [0.25, 0.3) is 0 Å². The Morgan fingerprint density at radius 3 is 3.06 bits per heavy atom. The van der Waals surface area contributed by atoms with Crippen molar-refractivity contribution in [2.24, 2.45) is 0 Å². The largest absolute Gasteiger partial charge is 0.352 e. The molecule has 0 aromatic heterocycles. The third-order valence-electron chi connectivity index (χ3n) is 3.37. The Morgan fingerprint density at radius 1 is 1.56 bits per heavy atom. The first-order valence-corrected chi connectivity index (χ1v) is 6.82. The zero-order valence-electron chi connectivity index (χ0n) is 10.6. The van der Waals surface area contributed by atoms with Crippen LogP contribution in [0.4, 0.5) is 0 Å². The van der Waals surface area contributed by atoms with Gasteiger partial charge in [0.25, 0.3) is 5.91 Å². The maximum absolute atomic E-state index is 12.0. The molecule has 1 saturated heterocycles. The van der Waals surface area contributed by atoms with Crippen LogP contribution in [0, 0.1) is 6.92 Å². The first kappa shape index (κ1) is 13.4. The topological polar surface area (TPSA) is 41.1 Å². The van der Waals surface area contributed by atoms with E-state index in [-0.39, 0.29) is 5.91 Å². The average molecular weight is 267 g/mol. The molecule has 1 atom stereocenters. The highest BCUT2D eigenvalue weighted by Crippen LogP contribution is 2.15. The quantitative estimate of drug-likeness (QED) is 0.879. The van der Waals surface area contributed by atoms with Gasteiger partial charge in [-0.3, -0.25) is 4.79 Å². The van der Waals surface area contributed by atoms with Gasteiger partial charge in [0.05, 0.1) is 0 Å². The van der Waals surface area contributed by atoms with E-state index in [1.54, 1.807) is 12.1 Å². The Balaban J connectivity index is 1.83. The van der Waals surface area contributed by atoms with Gasteiger partial charge >= 0.3 is 0 Å². The fourth-order valence-corrected chi connectivity index (χ4v) is 2.57. The standard InChI is InChI=1S/C14H19ClN2O/c1-10-9-11(15)4-5-13(10)14(18)17-8-6-12-3-2-7-16-12/h4-5,9,12,16H,2-3,6-8H2,1H3,(H,17,18). The minimum Gasteiger partial charge on any atom is -0.352 e. The molecule has 1 unspecified atom stereocenters. The molecule has 1 aliphatic rings. The second kappa shape index (κ2) is 6.21. The van der Waals surface area contributed by atoms with Crippen LogP contribution >= 0.6 is 11.6 Å². The summed E-state index contributed by atoms with van der Waals surface area (Å²) in [6.45, 7) is 3.73. The van der Waals surface area contributed by atoms with Gasteiger partial charge in [-0.2, -0.15) is 0 Å². The number of carbonyl (C=O) groups excluding carboxylic acids is 1. The van der Waals surface area contributed by atoms with Crippen LogP contribution in [0.2, 0.25) is 5.02 Å². The number of halogens is 1. The van der Waals surface area contributed by atoms with Crippen molar-refractivity contribution in [3.05, 3.63) is 34.3 Å². The third kappa shape index (κ3) is 3.47. The van der Waals surface area contributed by atoms with Gasteiger partial charge in [0.15, 0.2) is 0 Å². The van der Waals surface area contributed by atoms with Crippen LogP contribution in [0.3, 0.4) is 0 Å². The van der Waals surface area contributed by atoms with Gasteiger partial charge in [0, 0.05) is 23.2 Å². The third-order valence-corrected chi connectivity index (χ3v) is 3.61. The number of benzene rings is 1. The molecule has 1 aromatic carbocycles. The fraction of sp³-hybridized carbons (Fsp3) is 0.500. The predicted molar refractivity (Wildman–Crippen MR) is 74.2 cm³/mol. The van der Waals surface area contributed by atoms with Crippen molar-refractivity contribution in [3.63, 3.8) is 0 Å². The molecule has 18 heavy (non-hydrogen) atoms. The normalized spacial score (nSPS) is 18.9. The Hall–Kier alpha value is -1.06. The predicted octanol–water partition coefficient (Wildman–Crippen LogP) is 2.52. The van der Waals surface area contributed by atoms with Crippen LogP contribution in [-0.2, 0) is 0 Å². The SMILES string of the molecule is Cc1cc(Cl)ccc1C(=O)NCCC1CCCN1. The van der Waals surface area contributed by atoms with E-state index in [0.717, 1.165) is 25.1 Å². The summed E-state index contributed by atoms with van der Waals surface area (Å²) in [6, 6.07) is 5.91. The fourth-order valence-electron chi connectivity index (χ4n) is 2.34. The lowest BCUT2D eigenvalue weighted by Gasteiger charge is -2.11. The second-order valence-corrected chi connectivity index (χ2v) is 5.23. The lowest BCUT2D eigenvalue weighted by molar-refractivity contribution is 0.0951. The van der Waals surface area contributed by atoms with Gasteiger partial charge in [0.2, 0.25) is 0 Å². The molecule has 1 heterocycles. The number of nitrogens with one attached hydrogen (secondary N) is 2.